The largest absolute Gasteiger partial charge is 0.345 e. The first-order valence-corrected chi connectivity index (χ1v) is 9.18. The normalized spacial score (nSPS) is 10.6. The van der Waals surface area contributed by atoms with E-state index in [1.165, 1.54) is 4.90 Å². The lowest BCUT2D eigenvalue weighted by Crippen LogP contribution is -2.27. The third kappa shape index (κ3) is 4.31. The van der Waals surface area contributed by atoms with Crippen LogP contribution in [-0.4, -0.2) is 35.4 Å². The van der Waals surface area contributed by atoms with Crippen molar-refractivity contribution in [3.63, 3.8) is 0 Å². The van der Waals surface area contributed by atoms with Crippen molar-refractivity contribution in [2.45, 2.75) is 13.3 Å². The average molecular weight is 375 g/mol. The van der Waals surface area contributed by atoms with E-state index in [2.05, 4.69) is 5.32 Å². The second-order valence-corrected chi connectivity index (χ2v) is 7.16. The molecular weight excluding hydrogens is 350 g/mol. The van der Waals surface area contributed by atoms with Gasteiger partial charge in [-0.2, -0.15) is 0 Å². The molecule has 1 N–H and O–H groups in total. The summed E-state index contributed by atoms with van der Waals surface area (Å²) in [5.74, 6) is 0.0236. The molecule has 0 radical (unpaired) electrons. The summed E-state index contributed by atoms with van der Waals surface area (Å²) in [5.41, 5.74) is 5.42. The van der Waals surface area contributed by atoms with E-state index < -0.39 is 0 Å². The van der Waals surface area contributed by atoms with E-state index in [1.807, 2.05) is 79.2 Å². The Hall–Kier alpha value is -3.34. The zero-order chi connectivity index (χ0) is 20.3. The molecule has 0 saturated heterocycles. The van der Waals surface area contributed by atoms with Crippen LogP contribution in [0.15, 0.2) is 60.7 Å². The lowest BCUT2D eigenvalue weighted by Gasteiger charge is -2.12. The third-order valence-electron chi connectivity index (χ3n) is 4.77. The average Bonchev–Trinajstić information content (AvgIpc) is 3.03. The highest BCUT2D eigenvalue weighted by molar-refractivity contribution is 6.08. The van der Waals surface area contributed by atoms with Gasteiger partial charge in [-0.05, 0) is 36.8 Å². The number of carbonyl (C=O) groups is 2. The maximum atomic E-state index is 12.8. The molecule has 0 saturated carbocycles. The van der Waals surface area contributed by atoms with Crippen molar-refractivity contribution in [3.05, 3.63) is 88.7 Å². The highest BCUT2D eigenvalue weighted by Gasteiger charge is 2.15. The number of benzene rings is 2. The van der Waals surface area contributed by atoms with Crippen LogP contribution in [0.1, 0.15) is 32.9 Å². The predicted molar refractivity (Wildman–Crippen MR) is 112 cm³/mol. The van der Waals surface area contributed by atoms with Crippen LogP contribution in [-0.2, 0) is 13.5 Å². The van der Waals surface area contributed by atoms with Gasteiger partial charge in [0.2, 0.25) is 5.78 Å². The molecular formula is C23H25N3O2. The van der Waals surface area contributed by atoms with E-state index in [0.29, 0.717) is 17.7 Å². The summed E-state index contributed by atoms with van der Waals surface area (Å²) >= 11 is 0. The third-order valence-corrected chi connectivity index (χ3v) is 4.77. The number of rotatable bonds is 5. The highest BCUT2D eigenvalue weighted by atomic mass is 16.2. The summed E-state index contributed by atoms with van der Waals surface area (Å²) < 4.78 is 1.95. The molecule has 0 fully saturated rings. The van der Waals surface area contributed by atoms with E-state index >= 15 is 0 Å². The number of ketones is 1. The molecule has 0 unspecified atom stereocenters. The Kier molecular flexibility index (Phi) is 5.64. The molecule has 2 aromatic carbocycles. The molecule has 5 nitrogen and oxygen atoms in total. The summed E-state index contributed by atoms with van der Waals surface area (Å²) in [4.78, 5) is 26.0. The van der Waals surface area contributed by atoms with E-state index in [0.717, 1.165) is 22.5 Å². The quantitative estimate of drug-likeness (QED) is 0.678. The van der Waals surface area contributed by atoms with Crippen molar-refractivity contribution < 1.29 is 9.59 Å². The fourth-order valence-electron chi connectivity index (χ4n) is 2.96. The van der Waals surface area contributed by atoms with Gasteiger partial charge in [-0.3, -0.25) is 4.79 Å². The highest BCUT2D eigenvalue weighted by Crippen LogP contribution is 2.18. The molecule has 5 heteroatoms. The van der Waals surface area contributed by atoms with Gasteiger partial charge < -0.3 is 14.8 Å². The molecule has 3 rings (SSSR count). The van der Waals surface area contributed by atoms with E-state index in [1.54, 1.807) is 14.1 Å². The van der Waals surface area contributed by atoms with Gasteiger partial charge in [0, 0.05) is 44.5 Å². The van der Waals surface area contributed by atoms with Crippen molar-refractivity contribution in [1.82, 2.24) is 9.47 Å². The number of urea groups is 1. The van der Waals surface area contributed by atoms with Crippen LogP contribution in [0.2, 0.25) is 0 Å². The number of aromatic nitrogens is 1. The van der Waals surface area contributed by atoms with E-state index in [4.69, 9.17) is 0 Å². The molecule has 1 aromatic heterocycles. The van der Waals surface area contributed by atoms with Crippen LogP contribution in [0.5, 0.6) is 0 Å². The van der Waals surface area contributed by atoms with Crippen LogP contribution in [0, 0.1) is 6.92 Å². The first-order valence-electron chi connectivity index (χ1n) is 9.18. The van der Waals surface area contributed by atoms with Crippen LogP contribution in [0.25, 0.3) is 0 Å². The fraction of sp³-hybridized carbons (Fsp3) is 0.217. The van der Waals surface area contributed by atoms with Crippen LogP contribution < -0.4 is 5.32 Å². The Balaban J connectivity index is 1.73. The molecule has 0 bridgehead atoms. The molecule has 0 atom stereocenters. The molecule has 1 heterocycles. The van der Waals surface area contributed by atoms with Gasteiger partial charge in [0.1, 0.15) is 0 Å². The second-order valence-electron chi connectivity index (χ2n) is 7.16. The smallest absolute Gasteiger partial charge is 0.321 e. The molecule has 0 spiro atoms. The number of anilines is 1. The van der Waals surface area contributed by atoms with Gasteiger partial charge in [0.15, 0.2) is 0 Å². The van der Waals surface area contributed by atoms with Crippen molar-refractivity contribution in [2.24, 2.45) is 7.05 Å². The Morgan fingerprint density at radius 1 is 0.929 bits per heavy atom. The van der Waals surface area contributed by atoms with Gasteiger partial charge in [-0.25, -0.2) is 4.79 Å². The zero-order valence-corrected chi connectivity index (χ0v) is 16.7. The summed E-state index contributed by atoms with van der Waals surface area (Å²) in [7, 11) is 5.33. The number of aryl methyl sites for hydroxylation is 1. The van der Waals surface area contributed by atoms with E-state index in [-0.39, 0.29) is 11.8 Å². The minimum Gasteiger partial charge on any atom is -0.345 e. The lowest BCUT2D eigenvalue weighted by molar-refractivity contribution is 0.103. The van der Waals surface area contributed by atoms with E-state index in [9.17, 15) is 9.59 Å². The maximum Gasteiger partial charge on any atom is 0.321 e. The summed E-state index contributed by atoms with van der Waals surface area (Å²) in [6.45, 7) is 2.01. The maximum absolute atomic E-state index is 12.8. The topological polar surface area (TPSA) is 54.3 Å². The van der Waals surface area contributed by atoms with Gasteiger partial charge in [-0.15, -0.1) is 0 Å². The number of hydrogen-bond acceptors (Lipinski definition) is 2. The predicted octanol–water partition coefficient (Wildman–Crippen LogP) is 4.25. The minimum absolute atomic E-state index is 0.0236. The number of nitrogens with one attached hydrogen (secondary N) is 1. The SMILES string of the molecule is Cc1ccc(C(=O)c2ccc(Cc3ccc(NC(=O)N(C)C)cc3)n2C)cc1. The Bertz CT molecular complexity index is 984. The molecule has 0 aliphatic rings. The van der Waals surface area contributed by atoms with Gasteiger partial charge in [0.05, 0.1) is 5.69 Å². The second kappa shape index (κ2) is 8.13. The molecule has 0 aliphatic heterocycles. The number of hydrogen-bond donors (Lipinski definition) is 1. The Morgan fingerprint density at radius 3 is 2.18 bits per heavy atom. The Morgan fingerprint density at radius 2 is 1.57 bits per heavy atom. The molecule has 28 heavy (non-hydrogen) atoms. The first-order chi connectivity index (χ1) is 13.3. The standard InChI is InChI=1S/C23H25N3O2/c1-16-5-9-18(10-6-16)22(27)21-14-13-20(26(21)4)15-17-7-11-19(12-8-17)24-23(28)25(2)3/h5-14H,15H2,1-4H3,(H,24,28). The van der Waals surface area contributed by atoms with Crippen LogP contribution >= 0.6 is 0 Å². The van der Waals surface area contributed by atoms with Crippen molar-refractivity contribution in [1.29, 1.82) is 0 Å². The fourth-order valence-corrected chi connectivity index (χ4v) is 2.96. The number of carbonyl (C=O) groups excluding carboxylic acids is 2. The molecule has 0 aliphatic carbocycles. The molecule has 144 valence electrons. The summed E-state index contributed by atoms with van der Waals surface area (Å²) in [6, 6.07) is 19.1. The Labute approximate surface area is 165 Å². The first kappa shape index (κ1) is 19.4. The zero-order valence-electron chi connectivity index (χ0n) is 16.7. The molecule has 2 amide bonds. The van der Waals surface area contributed by atoms with Crippen LogP contribution in [0.4, 0.5) is 10.5 Å². The summed E-state index contributed by atoms with van der Waals surface area (Å²) in [6.07, 6.45) is 0.708. The number of amides is 2. The monoisotopic (exact) mass is 375 g/mol. The van der Waals surface area contributed by atoms with Crippen LogP contribution in [0.3, 0.4) is 0 Å². The van der Waals surface area contributed by atoms with Crippen molar-refractivity contribution in [3.8, 4) is 0 Å². The number of nitrogens with zero attached hydrogens (tertiary/aromatic N) is 2. The minimum atomic E-state index is -0.158. The van der Waals surface area contributed by atoms with Gasteiger partial charge in [0.25, 0.3) is 0 Å². The van der Waals surface area contributed by atoms with Gasteiger partial charge >= 0.3 is 6.03 Å². The summed E-state index contributed by atoms with van der Waals surface area (Å²) in [5, 5.41) is 2.82. The van der Waals surface area contributed by atoms with Crippen molar-refractivity contribution >= 4 is 17.5 Å². The lowest BCUT2D eigenvalue weighted by atomic mass is 10.1. The molecule has 3 aromatic rings. The van der Waals surface area contributed by atoms with Gasteiger partial charge in [-0.1, -0.05) is 42.0 Å². The van der Waals surface area contributed by atoms with Crippen molar-refractivity contribution in [2.75, 3.05) is 19.4 Å².